The van der Waals surface area contributed by atoms with E-state index in [9.17, 15) is 26.4 Å². The maximum Gasteiger partial charge on any atom is 0.416 e. The Kier molecular flexibility index (Phi) is 10.7. The van der Waals surface area contributed by atoms with E-state index in [0.29, 0.717) is 18.1 Å². The van der Waals surface area contributed by atoms with E-state index in [2.05, 4.69) is 42.2 Å². The van der Waals surface area contributed by atoms with Gasteiger partial charge in [0.1, 0.15) is 0 Å². The highest BCUT2D eigenvalue weighted by molar-refractivity contribution is 7.89. The molecule has 0 aliphatic heterocycles. The van der Waals surface area contributed by atoms with Crippen LogP contribution in [0.4, 0.5) is 13.2 Å². The molecule has 3 aromatic carbocycles. The van der Waals surface area contributed by atoms with Crippen molar-refractivity contribution in [2.45, 2.75) is 76.2 Å². The molecule has 4 rings (SSSR count). The van der Waals surface area contributed by atoms with Gasteiger partial charge in [-0.2, -0.15) is 13.2 Å². The van der Waals surface area contributed by atoms with E-state index in [0.717, 1.165) is 60.8 Å². The van der Waals surface area contributed by atoms with Crippen molar-refractivity contribution in [1.29, 1.82) is 0 Å². The van der Waals surface area contributed by atoms with Crippen LogP contribution in [0.2, 0.25) is 10.0 Å². The summed E-state index contributed by atoms with van der Waals surface area (Å²) in [5, 5.41) is 6.94. The number of nitrogens with one attached hydrogen (secondary N) is 3. The van der Waals surface area contributed by atoms with Crippen molar-refractivity contribution in [2.24, 2.45) is 5.41 Å². The predicted octanol–water partition coefficient (Wildman–Crippen LogP) is 7.75. The molecule has 0 fully saturated rings. The lowest BCUT2D eigenvalue weighted by molar-refractivity contribution is -0.137. The Morgan fingerprint density at radius 2 is 1.70 bits per heavy atom. The van der Waals surface area contributed by atoms with Crippen molar-refractivity contribution in [2.75, 3.05) is 6.54 Å². The van der Waals surface area contributed by atoms with Crippen LogP contribution in [0.3, 0.4) is 0 Å². The van der Waals surface area contributed by atoms with E-state index in [1.807, 2.05) is 12.1 Å². The quantitative estimate of drug-likeness (QED) is 0.206. The van der Waals surface area contributed by atoms with Gasteiger partial charge in [0.15, 0.2) is 0 Å². The Labute approximate surface area is 266 Å². The third-order valence-corrected chi connectivity index (χ3v) is 9.19. The van der Waals surface area contributed by atoms with Gasteiger partial charge in [0.25, 0.3) is 0 Å². The fourth-order valence-electron chi connectivity index (χ4n) is 5.25. The molecule has 0 heterocycles. The Morgan fingerprint density at radius 1 is 1.00 bits per heavy atom. The van der Waals surface area contributed by atoms with E-state index in [4.69, 9.17) is 23.2 Å². The third-order valence-electron chi connectivity index (χ3n) is 7.29. The number of benzene rings is 3. The average molecular weight is 671 g/mol. The van der Waals surface area contributed by atoms with Gasteiger partial charge in [-0.1, -0.05) is 68.2 Å². The van der Waals surface area contributed by atoms with Crippen molar-refractivity contribution < 1.29 is 26.4 Å². The highest BCUT2D eigenvalue weighted by atomic mass is 35.5. The number of hydrogen-bond donors (Lipinski definition) is 3. The van der Waals surface area contributed by atoms with Gasteiger partial charge in [-0.3, -0.25) is 4.79 Å². The number of halogens is 5. The second-order valence-corrected chi connectivity index (χ2v) is 14.9. The van der Waals surface area contributed by atoms with Crippen LogP contribution in [0.5, 0.6) is 0 Å². The molecule has 238 valence electrons. The monoisotopic (exact) mass is 669 g/mol. The van der Waals surface area contributed by atoms with Crippen LogP contribution >= 0.6 is 23.2 Å². The lowest BCUT2D eigenvalue weighted by atomic mass is 9.86. The SMILES string of the molecule is CC(C)(C)CNCc1ccc2c(c1)CCC[C@H]2NC(=O)C[C@H](NS(=O)(=O)c1cccc(C(F)(F)F)c1)c1cc(Cl)cc(Cl)c1. The number of carbonyl (C=O) groups is 1. The van der Waals surface area contributed by atoms with Crippen molar-refractivity contribution in [3.8, 4) is 0 Å². The number of amides is 1. The second-order valence-electron chi connectivity index (χ2n) is 12.3. The molecular weight excluding hydrogens is 634 g/mol. The zero-order valence-corrected chi connectivity index (χ0v) is 27.0. The zero-order chi connectivity index (χ0) is 32.3. The molecule has 12 heteroatoms. The van der Waals surface area contributed by atoms with Gasteiger partial charge in [0, 0.05) is 29.6 Å². The molecule has 3 aromatic rings. The van der Waals surface area contributed by atoms with Gasteiger partial charge in [-0.05, 0) is 83.3 Å². The fraction of sp³-hybridized carbons (Fsp3) is 0.406. The molecule has 44 heavy (non-hydrogen) atoms. The van der Waals surface area contributed by atoms with Gasteiger partial charge in [0.05, 0.1) is 22.5 Å². The lowest BCUT2D eigenvalue weighted by Gasteiger charge is -2.28. The molecule has 1 aliphatic carbocycles. The van der Waals surface area contributed by atoms with Gasteiger partial charge < -0.3 is 10.6 Å². The molecule has 0 bridgehead atoms. The van der Waals surface area contributed by atoms with Crippen LogP contribution in [-0.4, -0.2) is 20.9 Å². The van der Waals surface area contributed by atoms with Crippen LogP contribution in [0, 0.1) is 5.41 Å². The molecule has 0 radical (unpaired) electrons. The fourth-order valence-corrected chi connectivity index (χ4v) is 7.06. The summed E-state index contributed by atoms with van der Waals surface area (Å²) >= 11 is 12.4. The van der Waals surface area contributed by atoms with Gasteiger partial charge in [0.2, 0.25) is 15.9 Å². The Bertz CT molecular complexity index is 1590. The normalized spacial score (nSPS) is 16.3. The zero-order valence-electron chi connectivity index (χ0n) is 24.7. The molecule has 0 aromatic heterocycles. The van der Waals surface area contributed by atoms with Crippen molar-refractivity contribution >= 4 is 39.1 Å². The summed E-state index contributed by atoms with van der Waals surface area (Å²) in [5.74, 6) is -0.438. The molecule has 0 spiro atoms. The summed E-state index contributed by atoms with van der Waals surface area (Å²) in [5.41, 5.74) is 2.67. The Hall–Kier alpha value is -2.63. The first-order valence-electron chi connectivity index (χ1n) is 14.3. The molecular formula is C32H36Cl2F3N3O3S. The first-order valence-corrected chi connectivity index (χ1v) is 16.5. The van der Waals surface area contributed by atoms with E-state index < -0.39 is 38.6 Å². The molecule has 6 nitrogen and oxygen atoms in total. The van der Waals surface area contributed by atoms with Crippen molar-refractivity contribution in [3.05, 3.63) is 98.5 Å². The van der Waals surface area contributed by atoms with E-state index in [1.54, 1.807) is 0 Å². The Balaban J connectivity index is 1.54. The van der Waals surface area contributed by atoms with E-state index in [1.165, 1.54) is 18.2 Å². The van der Waals surface area contributed by atoms with Crippen LogP contribution in [0.25, 0.3) is 0 Å². The number of sulfonamides is 1. The third kappa shape index (κ3) is 9.44. The summed E-state index contributed by atoms with van der Waals surface area (Å²) in [6.45, 7) is 8.11. The van der Waals surface area contributed by atoms with Gasteiger partial charge in [-0.25, -0.2) is 13.1 Å². The molecule has 0 saturated carbocycles. The summed E-state index contributed by atoms with van der Waals surface area (Å²) in [4.78, 5) is 12.8. The second kappa shape index (κ2) is 13.8. The number of rotatable bonds is 10. The maximum absolute atomic E-state index is 13.4. The highest BCUT2D eigenvalue weighted by Crippen LogP contribution is 2.33. The van der Waals surface area contributed by atoms with Crippen molar-refractivity contribution in [1.82, 2.24) is 15.4 Å². The first-order chi connectivity index (χ1) is 20.5. The number of fused-ring (bicyclic) bond motifs is 1. The Morgan fingerprint density at radius 3 is 2.36 bits per heavy atom. The minimum Gasteiger partial charge on any atom is -0.349 e. The summed E-state index contributed by atoms with van der Waals surface area (Å²) in [6, 6.07) is 12.6. The lowest BCUT2D eigenvalue weighted by Crippen LogP contribution is -2.36. The highest BCUT2D eigenvalue weighted by Gasteiger charge is 2.33. The average Bonchev–Trinajstić information content (AvgIpc) is 2.91. The maximum atomic E-state index is 13.4. The van der Waals surface area contributed by atoms with Crippen LogP contribution in [0.15, 0.2) is 65.6 Å². The summed E-state index contributed by atoms with van der Waals surface area (Å²) < 4.78 is 68.8. The molecule has 1 aliphatic rings. The van der Waals surface area contributed by atoms with E-state index in [-0.39, 0.29) is 27.9 Å². The molecule has 3 N–H and O–H groups in total. The van der Waals surface area contributed by atoms with Crippen LogP contribution in [0.1, 0.15) is 79.9 Å². The topological polar surface area (TPSA) is 87.3 Å². The number of carbonyl (C=O) groups excluding carboxylic acids is 1. The molecule has 2 atom stereocenters. The molecule has 1 amide bonds. The van der Waals surface area contributed by atoms with Crippen LogP contribution in [-0.2, 0) is 34.0 Å². The number of hydrogen-bond acceptors (Lipinski definition) is 4. The number of alkyl halides is 3. The first kappa shape index (κ1) is 34.2. The minimum atomic E-state index is -4.73. The molecule has 0 unspecified atom stereocenters. The smallest absolute Gasteiger partial charge is 0.349 e. The van der Waals surface area contributed by atoms with E-state index >= 15 is 0 Å². The predicted molar refractivity (Wildman–Crippen MR) is 167 cm³/mol. The van der Waals surface area contributed by atoms with Crippen LogP contribution < -0.4 is 15.4 Å². The van der Waals surface area contributed by atoms with Gasteiger partial charge >= 0.3 is 6.18 Å². The standard InChI is InChI=1S/C32H36Cl2F3N3O3S/c1-31(2,3)19-38-18-20-10-11-27-21(12-20)6-4-9-28(27)39-30(41)17-29(22-13-24(33)16-25(34)14-22)40-44(42,43)26-8-5-7-23(15-26)32(35,36)37/h5,7-8,10-16,28-29,38,40H,4,6,9,17-19H2,1-3H3,(H,39,41)/t28-,29+/m1/s1. The molecule has 0 saturated heterocycles. The minimum absolute atomic E-state index is 0.166. The van der Waals surface area contributed by atoms with Gasteiger partial charge in [-0.15, -0.1) is 0 Å². The van der Waals surface area contributed by atoms with Crippen molar-refractivity contribution in [3.63, 3.8) is 0 Å². The summed E-state index contributed by atoms with van der Waals surface area (Å²) in [7, 11) is -4.49. The number of aryl methyl sites for hydroxylation is 1. The largest absolute Gasteiger partial charge is 0.416 e. The summed E-state index contributed by atoms with van der Waals surface area (Å²) in [6.07, 6.45) is -2.60.